The fourth-order valence-electron chi connectivity index (χ4n) is 2.62. The second-order valence-electron chi connectivity index (χ2n) is 6.36. The molecule has 0 rings (SSSR count). The van der Waals surface area contributed by atoms with Crippen LogP contribution in [0.15, 0.2) is 24.3 Å². The summed E-state index contributed by atoms with van der Waals surface area (Å²) < 4.78 is 0. The van der Waals surface area contributed by atoms with E-state index >= 15 is 0 Å². The maximum absolute atomic E-state index is 8.66. The van der Waals surface area contributed by atoms with Gasteiger partial charge >= 0.3 is 0 Å². The Kier molecular flexibility index (Phi) is 19.9. The molecule has 22 heavy (non-hydrogen) atoms. The van der Waals surface area contributed by atoms with E-state index in [2.05, 4.69) is 31.2 Å². The second kappa shape index (κ2) is 20.4. The van der Waals surface area contributed by atoms with Gasteiger partial charge in [-0.1, -0.05) is 89.0 Å². The molecule has 0 amide bonds. The molecule has 0 aromatic rings. The average Bonchev–Trinajstić information content (AvgIpc) is 2.54. The zero-order valence-electron chi connectivity index (χ0n) is 15.1. The van der Waals surface area contributed by atoms with Gasteiger partial charge in [-0.15, -0.1) is 0 Å². The highest BCUT2D eigenvalue weighted by Gasteiger charge is 1.91. The van der Waals surface area contributed by atoms with Crippen molar-refractivity contribution in [1.82, 2.24) is 0 Å². The van der Waals surface area contributed by atoms with Gasteiger partial charge in [0.15, 0.2) is 0 Å². The van der Waals surface area contributed by atoms with Gasteiger partial charge in [0.1, 0.15) is 0 Å². The molecule has 0 aromatic heterocycles. The van der Waals surface area contributed by atoms with Crippen molar-refractivity contribution in [2.24, 2.45) is 0 Å². The Bertz CT molecular complexity index is 242. The first-order valence-corrected chi connectivity index (χ1v) is 9.82. The van der Waals surface area contributed by atoms with E-state index < -0.39 is 0 Å². The molecule has 0 aliphatic heterocycles. The van der Waals surface area contributed by atoms with Crippen molar-refractivity contribution in [3.05, 3.63) is 24.3 Å². The van der Waals surface area contributed by atoms with E-state index in [0.717, 1.165) is 25.7 Å². The lowest BCUT2D eigenvalue weighted by atomic mass is 10.1. The van der Waals surface area contributed by atoms with Crippen molar-refractivity contribution in [2.45, 2.75) is 103 Å². The molecule has 130 valence electrons. The maximum atomic E-state index is 8.66. The van der Waals surface area contributed by atoms with E-state index in [1.54, 1.807) is 0 Å². The largest absolute Gasteiger partial charge is 0.396 e. The third kappa shape index (κ3) is 19.4. The number of allylic oxidation sites excluding steroid dienone is 4. The van der Waals surface area contributed by atoms with Crippen LogP contribution in [0, 0.1) is 0 Å². The van der Waals surface area contributed by atoms with Crippen LogP contribution in [0.4, 0.5) is 0 Å². The van der Waals surface area contributed by atoms with Gasteiger partial charge in [-0.2, -0.15) is 0 Å². The van der Waals surface area contributed by atoms with Crippen molar-refractivity contribution in [3.63, 3.8) is 0 Å². The van der Waals surface area contributed by atoms with Crippen LogP contribution < -0.4 is 0 Å². The number of rotatable bonds is 17. The first-order chi connectivity index (χ1) is 10.9. The first kappa shape index (κ1) is 21.4. The lowest BCUT2D eigenvalue weighted by Gasteiger charge is -2.01. The lowest BCUT2D eigenvalue weighted by Crippen LogP contribution is -1.81. The summed E-state index contributed by atoms with van der Waals surface area (Å²) >= 11 is 0. The molecule has 0 spiro atoms. The zero-order chi connectivity index (χ0) is 16.1. The third-order valence-corrected chi connectivity index (χ3v) is 4.09. The second-order valence-corrected chi connectivity index (χ2v) is 6.36. The SMILES string of the molecule is CCCCCCCCCCCC/C=C/CC/C=C/CCCO. The molecule has 1 N–H and O–H groups in total. The molecular formula is C21H40O. The topological polar surface area (TPSA) is 20.2 Å². The van der Waals surface area contributed by atoms with Gasteiger partial charge < -0.3 is 5.11 Å². The predicted octanol–water partition coefficient (Wildman–Crippen LogP) is 6.96. The minimum absolute atomic E-state index is 0.309. The fourth-order valence-corrected chi connectivity index (χ4v) is 2.62. The summed E-state index contributed by atoms with van der Waals surface area (Å²) in [6.45, 7) is 2.59. The minimum atomic E-state index is 0.309. The van der Waals surface area contributed by atoms with Gasteiger partial charge in [0, 0.05) is 6.61 Å². The molecule has 1 heteroatoms. The molecule has 0 aliphatic carbocycles. The predicted molar refractivity (Wildman–Crippen MR) is 100 cm³/mol. The van der Waals surface area contributed by atoms with Crippen molar-refractivity contribution in [3.8, 4) is 0 Å². The third-order valence-electron chi connectivity index (χ3n) is 4.09. The Balaban J connectivity index is 3.09. The summed E-state index contributed by atoms with van der Waals surface area (Å²) in [5.74, 6) is 0. The van der Waals surface area contributed by atoms with Gasteiger partial charge in [-0.05, 0) is 38.5 Å². The van der Waals surface area contributed by atoms with Gasteiger partial charge in [0.25, 0.3) is 0 Å². The number of hydrogen-bond acceptors (Lipinski definition) is 1. The molecule has 0 bridgehead atoms. The molecule has 0 fully saturated rings. The van der Waals surface area contributed by atoms with E-state index in [-0.39, 0.29) is 0 Å². The van der Waals surface area contributed by atoms with E-state index in [9.17, 15) is 0 Å². The Morgan fingerprint density at radius 3 is 1.41 bits per heavy atom. The molecule has 0 saturated heterocycles. The molecule has 0 aromatic carbocycles. The molecule has 0 heterocycles. The van der Waals surface area contributed by atoms with Crippen molar-refractivity contribution >= 4 is 0 Å². The Morgan fingerprint density at radius 1 is 0.500 bits per heavy atom. The van der Waals surface area contributed by atoms with Crippen LogP contribution in [0.1, 0.15) is 103 Å². The van der Waals surface area contributed by atoms with Crippen molar-refractivity contribution < 1.29 is 5.11 Å². The summed E-state index contributed by atoms with van der Waals surface area (Å²) in [7, 11) is 0. The van der Waals surface area contributed by atoms with E-state index in [1.165, 1.54) is 70.6 Å². The van der Waals surface area contributed by atoms with Crippen LogP contribution in [-0.2, 0) is 0 Å². The maximum Gasteiger partial charge on any atom is 0.0433 e. The summed E-state index contributed by atoms with van der Waals surface area (Å²) in [4.78, 5) is 0. The molecule has 0 unspecified atom stereocenters. The number of aliphatic hydroxyl groups excluding tert-OH is 1. The van der Waals surface area contributed by atoms with Gasteiger partial charge in [-0.25, -0.2) is 0 Å². The summed E-state index contributed by atoms with van der Waals surface area (Å²) in [5.41, 5.74) is 0. The van der Waals surface area contributed by atoms with Crippen LogP contribution in [0.2, 0.25) is 0 Å². The summed E-state index contributed by atoms with van der Waals surface area (Å²) in [6.07, 6.45) is 28.8. The molecule has 0 atom stereocenters. The van der Waals surface area contributed by atoms with Crippen LogP contribution in [0.25, 0.3) is 0 Å². The van der Waals surface area contributed by atoms with E-state index in [0.29, 0.717) is 6.61 Å². The normalized spacial score (nSPS) is 11.9. The van der Waals surface area contributed by atoms with Gasteiger partial charge in [0.05, 0.1) is 0 Å². The Labute approximate surface area is 139 Å². The van der Waals surface area contributed by atoms with E-state index in [4.69, 9.17) is 5.11 Å². The molecule has 0 aliphatic rings. The first-order valence-electron chi connectivity index (χ1n) is 9.82. The van der Waals surface area contributed by atoms with Crippen LogP contribution in [0.3, 0.4) is 0 Å². The number of aliphatic hydroxyl groups is 1. The van der Waals surface area contributed by atoms with Crippen LogP contribution in [0.5, 0.6) is 0 Å². The highest BCUT2D eigenvalue weighted by Crippen LogP contribution is 2.11. The minimum Gasteiger partial charge on any atom is -0.396 e. The highest BCUT2D eigenvalue weighted by molar-refractivity contribution is 4.87. The highest BCUT2D eigenvalue weighted by atomic mass is 16.2. The number of unbranched alkanes of at least 4 members (excludes halogenated alkanes) is 12. The molecule has 0 radical (unpaired) electrons. The van der Waals surface area contributed by atoms with Crippen LogP contribution in [-0.4, -0.2) is 11.7 Å². The fraction of sp³-hybridized carbons (Fsp3) is 0.810. The van der Waals surface area contributed by atoms with Crippen molar-refractivity contribution in [1.29, 1.82) is 0 Å². The summed E-state index contributed by atoms with van der Waals surface area (Å²) in [6, 6.07) is 0. The van der Waals surface area contributed by atoms with Gasteiger partial charge in [-0.3, -0.25) is 0 Å². The monoisotopic (exact) mass is 308 g/mol. The summed E-state index contributed by atoms with van der Waals surface area (Å²) in [5, 5.41) is 8.66. The zero-order valence-corrected chi connectivity index (χ0v) is 15.1. The van der Waals surface area contributed by atoms with Gasteiger partial charge in [0.2, 0.25) is 0 Å². The Hall–Kier alpha value is -0.560. The molecular weight excluding hydrogens is 268 g/mol. The lowest BCUT2D eigenvalue weighted by molar-refractivity contribution is 0.289. The quantitative estimate of drug-likeness (QED) is 0.227. The number of hydrogen-bond donors (Lipinski definition) is 1. The smallest absolute Gasteiger partial charge is 0.0433 e. The van der Waals surface area contributed by atoms with E-state index in [1.807, 2.05) is 0 Å². The molecule has 0 saturated carbocycles. The standard InChI is InChI=1S/C21H40O/c1-2-3-4-5-6-7-8-9-10-11-12-13-14-15-16-17-18-19-20-21-22/h13-14,17-18,22H,2-12,15-16,19-21H2,1H3/b14-13+,18-17+. The molecule has 1 nitrogen and oxygen atoms in total. The van der Waals surface area contributed by atoms with Crippen LogP contribution >= 0.6 is 0 Å². The average molecular weight is 309 g/mol. The van der Waals surface area contributed by atoms with Crippen molar-refractivity contribution in [2.75, 3.05) is 6.61 Å². The Morgan fingerprint density at radius 2 is 0.909 bits per heavy atom.